The van der Waals surface area contributed by atoms with Gasteiger partial charge in [0.2, 0.25) is 0 Å². The van der Waals surface area contributed by atoms with Crippen molar-refractivity contribution < 1.29 is 31.0 Å². The van der Waals surface area contributed by atoms with E-state index in [0.717, 1.165) is 12.1 Å². The van der Waals surface area contributed by atoms with Crippen molar-refractivity contribution in [2.24, 2.45) is 30.7 Å². The Morgan fingerprint density at radius 1 is 0.523 bits per heavy atom. The van der Waals surface area contributed by atoms with Crippen LogP contribution in [-0.4, -0.2) is 31.0 Å². The van der Waals surface area contributed by atoms with E-state index in [4.69, 9.17) is 5.73 Å². The van der Waals surface area contributed by atoms with Crippen LogP contribution in [0.15, 0.2) is 138 Å². The highest BCUT2D eigenvalue weighted by Gasteiger charge is 2.21. The molecule has 0 atom stereocenters. The first-order chi connectivity index (χ1) is 20.9. The molecule has 5 N–H and O–H groups in total. The van der Waals surface area contributed by atoms with E-state index in [2.05, 4.69) is 30.7 Å². The number of anilines is 1. The first-order valence-electron chi connectivity index (χ1n) is 12.4. The Hall–Kier alpha value is -5.42. The molecule has 222 valence electrons. The summed E-state index contributed by atoms with van der Waals surface area (Å²) in [4.78, 5) is -1.28. The van der Waals surface area contributed by atoms with Gasteiger partial charge in [-0.2, -0.15) is 32.2 Å². The van der Waals surface area contributed by atoms with Crippen LogP contribution in [0, 0.1) is 0 Å². The number of nitrogen functional groups attached to an aromatic ring is 1. The van der Waals surface area contributed by atoms with Crippen molar-refractivity contribution in [1.82, 2.24) is 0 Å². The number of nitrogens with zero attached hydrogens (tertiary/aromatic N) is 6. The number of benzene rings is 5. The Kier molecular flexibility index (Phi) is 8.23. The van der Waals surface area contributed by atoms with Crippen LogP contribution in [-0.2, 0) is 20.2 Å². The maximum absolute atomic E-state index is 12.2. The maximum Gasteiger partial charge on any atom is 0.296 e. The minimum atomic E-state index is -4.85. The Labute approximate surface area is 250 Å². The second kappa shape index (κ2) is 12.1. The lowest BCUT2D eigenvalue weighted by atomic mass is 10.1. The van der Waals surface area contributed by atoms with Crippen LogP contribution < -0.4 is 5.73 Å². The molecule has 0 unspecified atom stereocenters. The third kappa shape index (κ3) is 6.96. The van der Waals surface area contributed by atoms with E-state index in [0.29, 0.717) is 11.4 Å². The predicted molar refractivity (Wildman–Crippen MR) is 162 cm³/mol. The van der Waals surface area contributed by atoms with Crippen LogP contribution in [0.1, 0.15) is 0 Å². The number of nitrogens with two attached hydrogens (primary N) is 1. The summed E-state index contributed by atoms with van der Waals surface area (Å²) in [6.07, 6.45) is 0. The second-order valence-electron chi connectivity index (χ2n) is 9.10. The summed E-state index contributed by atoms with van der Waals surface area (Å²) in [7, 11) is -9.65. The monoisotopic (exact) mass is 631 g/mol. The molecule has 0 aliphatic carbocycles. The molecule has 0 saturated carbocycles. The fourth-order valence-corrected chi connectivity index (χ4v) is 5.20. The fraction of sp³-hybridized carbons (Fsp3) is 0. The lowest BCUT2D eigenvalue weighted by molar-refractivity contribution is 0.476. The number of phenols is 1. The minimum absolute atomic E-state index is 0.0441. The summed E-state index contributed by atoms with van der Waals surface area (Å²) < 4.78 is 68.3. The minimum Gasteiger partial charge on any atom is -0.506 e. The number of phenolic OH excluding ortho intramolecular Hbond substituents is 1. The molecule has 14 nitrogen and oxygen atoms in total. The van der Waals surface area contributed by atoms with Gasteiger partial charge in [-0.3, -0.25) is 9.11 Å². The molecule has 0 bridgehead atoms. The van der Waals surface area contributed by atoms with Crippen LogP contribution in [0.4, 0.5) is 39.8 Å². The summed E-state index contributed by atoms with van der Waals surface area (Å²) >= 11 is 0. The molecule has 5 aromatic carbocycles. The van der Waals surface area contributed by atoms with Crippen LogP contribution >= 0.6 is 0 Å². The van der Waals surface area contributed by atoms with Gasteiger partial charge in [-0.15, -0.1) is 15.3 Å². The highest BCUT2D eigenvalue weighted by atomic mass is 32.2. The first kappa shape index (κ1) is 30.1. The normalized spacial score (nSPS) is 12.6. The van der Waals surface area contributed by atoms with Crippen molar-refractivity contribution in [3.05, 3.63) is 97.1 Å². The van der Waals surface area contributed by atoms with Gasteiger partial charge < -0.3 is 10.8 Å². The van der Waals surface area contributed by atoms with Gasteiger partial charge in [-0.25, -0.2) is 0 Å². The van der Waals surface area contributed by atoms with E-state index in [9.17, 15) is 31.0 Å². The molecule has 44 heavy (non-hydrogen) atoms. The number of rotatable bonds is 8. The second-order valence-corrected chi connectivity index (χ2v) is 11.9. The largest absolute Gasteiger partial charge is 0.506 e. The summed E-state index contributed by atoms with van der Waals surface area (Å²) in [5.41, 5.74) is 6.77. The van der Waals surface area contributed by atoms with Crippen molar-refractivity contribution in [2.75, 3.05) is 5.73 Å². The fourth-order valence-electron chi connectivity index (χ4n) is 3.92. The van der Waals surface area contributed by atoms with Gasteiger partial charge in [-0.05, 0) is 83.6 Å². The van der Waals surface area contributed by atoms with Gasteiger partial charge in [0.15, 0.2) is 5.69 Å². The predicted octanol–water partition coefficient (Wildman–Crippen LogP) is 7.87. The van der Waals surface area contributed by atoms with Gasteiger partial charge in [0.05, 0.1) is 22.7 Å². The van der Waals surface area contributed by atoms with Crippen LogP contribution in [0.5, 0.6) is 5.75 Å². The quantitative estimate of drug-likeness (QED) is 0.0745. The summed E-state index contributed by atoms with van der Waals surface area (Å²) in [6.45, 7) is 0. The van der Waals surface area contributed by atoms with E-state index in [-0.39, 0.29) is 45.0 Å². The van der Waals surface area contributed by atoms with Crippen molar-refractivity contribution in [1.29, 1.82) is 0 Å². The zero-order valence-electron chi connectivity index (χ0n) is 22.3. The van der Waals surface area contributed by atoms with E-state index in [1.807, 2.05) is 0 Å². The molecule has 0 amide bonds. The molecule has 0 heterocycles. The first-order valence-corrected chi connectivity index (χ1v) is 15.3. The Morgan fingerprint density at radius 3 is 1.45 bits per heavy atom. The molecule has 5 aromatic rings. The topological polar surface area (TPSA) is 229 Å². The molecular formula is C28H21N7O7S2. The van der Waals surface area contributed by atoms with Gasteiger partial charge in [0.1, 0.15) is 26.9 Å². The van der Waals surface area contributed by atoms with E-state index in [1.54, 1.807) is 54.6 Å². The van der Waals surface area contributed by atoms with Gasteiger partial charge in [0.25, 0.3) is 20.2 Å². The SMILES string of the molecule is Nc1cccc(O)c1N=Nc1ccc(N=Nc2cc3cc(N=Nc4ccccc4)c(S(=O)(=O)O)cc3cc2S(=O)(=O)O)cc1. The number of aromatic hydroxyl groups is 1. The molecule has 5 rings (SSSR count). The molecule has 0 aliphatic heterocycles. The highest BCUT2D eigenvalue weighted by molar-refractivity contribution is 7.86. The Morgan fingerprint density at radius 2 is 0.977 bits per heavy atom. The molecular weight excluding hydrogens is 610 g/mol. The third-order valence-corrected chi connectivity index (χ3v) is 7.78. The highest BCUT2D eigenvalue weighted by Crippen LogP contribution is 2.37. The average Bonchev–Trinajstić information content (AvgIpc) is 2.98. The molecule has 16 heteroatoms. The van der Waals surface area contributed by atoms with Gasteiger partial charge in [-0.1, -0.05) is 24.3 Å². The van der Waals surface area contributed by atoms with Crippen molar-refractivity contribution in [3.8, 4) is 5.75 Å². The van der Waals surface area contributed by atoms with E-state index >= 15 is 0 Å². The van der Waals surface area contributed by atoms with Crippen LogP contribution in [0.25, 0.3) is 10.8 Å². The smallest absolute Gasteiger partial charge is 0.296 e. The lowest BCUT2D eigenvalue weighted by Crippen LogP contribution is -2.01. The molecule has 0 fully saturated rings. The zero-order chi connectivity index (χ0) is 31.5. The molecule has 0 aromatic heterocycles. The number of fused-ring (bicyclic) bond motifs is 1. The average molecular weight is 632 g/mol. The van der Waals surface area contributed by atoms with Crippen molar-refractivity contribution >= 4 is 70.8 Å². The number of hydrogen-bond donors (Lipinski definition) is 4. The standard InChI is InChI=1S/C28H21N7O7S2/c29-22-7-4-8-25(36)28(22)35-32-21-11-9-20(10-12-21)31-34-24-14-17-13-23(33-30-19-5-2-1-3-6-19)26(43(37,38)39)15-18(17)16-27(24)44(40,41)42/h1-16,36H,29H2,(H,37,38,39)(H,40,41,42). The van der Waals surface area contributed by atoms with Crippen molar-refractivity contribution in [3.63, 3.8) is 0 Å². The molecule has 0 spiro atoms. The summed E-state index contributed by atoms with van der Waals surface area (Å²) in [6, 6.07) is 23.6. The lowest BCUT2D eigenvalue weighted by Gasteiger charge is -2.09. The maximum atomic E-state index is 12.2. The summed E-state index contributed by atoms with van der Waals surface area (Å²) in [5, 5.41) is 34.2. The van der Waals surface area contributed by atoms with Gasteiger partial charge in [0, 0.05) is 0 Å². The van der Waals surface area contributed by atoms with Crippen LogP contribution in [0.2, 0.25) is 0 Å². The Balaban J connectivity index is 1.51. The van der Waals surface area contributed by atoms with Gasteiger partial charge >= 0.3 is 0 Å². The summed E-state index contributed by atoms with van der Waals surface area (Å²) in [5.74, 6) is -0.134. The van der Waals surface area contributed by atoms with Crippen molar-refractivity contribution in [2.45, 2.75) is 9.79 Å². The van der Waals surface area contributed by atoms with E-state index < -0.39 is 30.0 Å². The Bertz CT molecular complexity index is 2170. The van der Waals surface area contributed by atoms with Crippen LogP contribution in [0.3, 0.4) is 0 Å². The van der Waals surface area contributed by atoms with E-state index in [1.165, 1.54) is 30.3 Å². The molecule has 0 aliphatic rings. The number of hydrogen-bond acceptors (Lipinski definition) is 12. The number of azo groups is 3. The zero-order valence-corrected chi connectivity index (χ0v) is 23.9. The molecule has 0 saturated heterocycles. The third-order valence-electron chi connectivity index (χ3n) is 6.02. The molecule has 0 radical (unpaired) electrons.